The summed E-state index contributed by atoms with van der Waals surface area (Å²) in [6, 6.07) is -0.822. The molecule has 9 heteroatoms. The summed E-state index contributed by atoms with van der Waals surface area (Å²) in [7, 11) is 1.96. The molecular formula is C13H18ClF3N4O. The lowest BCUT2D eigenvalue weighted by atomic mass is 10.2. The van der Waals surface area contributed by atoms with E-state index in [4.69, 9.17) is 11.6 Å². The van der Waals surface area contributed by atoms with Gasteiger partial charge < -0.3 is 9.80 Å². The number of alkyl halides is 3. The Morgan fingerprint density at radius 1 is 1.27 bits per heavy atom. The molecule has 22 heavy (non-hydrogen) atoms. The van der Waals surface area contributed by atoms with Crippen LogP contribution in [-0.4, -0.2) is 58.7 Å². The van der Waals surface area contributed by atoms with Gasteiger partial charge in [0.1, 0.15) is 6.04 Å². The minimum atomic E-state index is -4.64. The number of halogens is 4. The molecule has 0 radical (unpaired) electrons. The van der Waals surface area contributed by atoms with Gasteiger partial charge in [-0.2, -0.15) is 18.3 Å². The molecule has 0 spiro atoms. The molecule has 2 rings (SSSR count). The molecule has 0 N–H and O–H groups in total. The zero-order valence-corrected chi connectivity index (χ0v) is 13.4. The number of aromatic nitrogens is 2. The highest BCUT2D eigenvalue weighted by atomic mass is 35.5. The predicted octanol–water partition coefficient (Wildman–Crippen LogP) is 2.20. The molecule has 1 aromatic rings. The second-order valence-electron chi connectivity index (χ2n) is 5.49. The van der Waals surface area contributed by atoms with Gasteiger partial charge in [-0.1, -0.05) is 11.6 Å². The molecule has 1 aliphatic heterocycles. The van der Waals surface area contributed by atoms with Crippen molar-refractivity contribution in [3.63, 3.8) is 0 Å². The highest BCUT2D eigenvalue weighted by molar-refractivity contribution is 6.32. The molecule has 0 bridgehead atoms. The Balaban J connectivity index is 2.22. The predicted molar refractivity (Wildman–Crippen MR) is 75.8 cm³/mol. The lowest BCUT2D eigenvalue weighted by Gasteiger charge is -2.34. The van der Waals surface area contributed by atoms with Gasteiger partial charge in [0.05, 0.1) is 10.7 Å². The molecule has 0 saturated carbocycles. The molecule has 5 nitrogen and oxygen atoms in total. The van der Waals surface area contributed by atoms with E-state index in [2.05, 4.69) is 10.00 Å². The topological polar surface area (TPSA) is 41.4 Å². The Bertz CT molecular complexity index is 564. The van der Waals surface area contributed by atoms with Crippen LogP contribution in [0.2, 0.25) is 5.02 Å². The van der Waals surface area contributed by atoms with Gasteiger partial charge >= 0.3 is 6.18 Å². The zero-order valence-electron chi connectivity index (χ0n) is 12.6. The van der Waals surface area contributed by atoms with Gasteiger partial charge in [0.25, 0.3) is 0 Å². The van der Waals surface area contributed by atoms with E-state index in [1.807, 2.05) is 7.05 Å². The standard InChI is InChI=1S/C13H18ClF3N4O/c1-8-10(14)11(13(15,16)17)18-21(8)9(2)12(22)20-6-4-19(3)5-7-20/h9H,4-7H2,1-3H3. The fraction of sp³-hybridized carbons (Fsp3) is 0.692. The van der Waals surface area contributed by atoms with Crippen LogP contribution in [0.15, 0.2) is 0 Å². The second kappa shape index (κ2) is 6.08. The van der Waals surface area contributed by atoms with E-state index in [0.717, 1.165) is 17.8 Å². The van der Waals surface area contributed by atoms with E-state index < -0.39 is 22.9 Å². The van der Waals surface area contributed by atoms with Gasteiger partial charge in [-0.05, 0) is 20.9 Å². The third-order valence-corrected chi connectivity index (χ3v) is 4.34. The van der Waals surface area contributed by atoms with Gasteiger partial charge in [-0.25, -0.2) is 0 Å². The molecule has 1 unspecified atom stereocenters. The summed E-state index contributed by atoms with van der Waals surface area (Å²) in [5.41, 5.74) is -1.01. The number of amides is 1. The van der Waals surface area contributed by atoms with Crippen LogP contribution < -0.4 is 0 Å². The Morgan fingerprint density at radius 2 is 1.82 bits per heavy atom. The quantitative estimate of drug-likeness (QED) is 0.830. The Hall–Kier alpha value is -1.28. The van der Waals surface area contributed by atoms with Crippen molar-refractivity contribution in [3.05, 3.63) is 16.4 Å². The lowest BCUT2D eigenvalue weighted by Crippen LogP contribution is -2.49. The van der Waals surface area contributed by atoms with Crippen molar-refractivity contribution in [1.82, 2.24) is 19.6 Å². The number of hydrogen-bond donors (Lipinski definition) is 0. The summed E-state index contributed by atoms with van der Waals surface area (Å²) in [5.74, 6) is -0.246. The highest BCUT2D eigenvalue weighted by Gasteiger charge is 2.39. The normalized spacial score (nSPS) is 18.6. The van der Waals surface area contributed by atoms with Gasteiger partial charge in [0.15, 0.2) is 5.69 Å². The average Bonchev–Trinajstić information content (AvgIpc) is 2.74. The van der Waals surface area contributed by atoms with Crippen molar-refractivity contribution in [3.8, 4) is 0 Å². The van der Waals surface area contributed by atoms with Crippen molar-refractivity contribution in [1.29, 1.82) is 0 Å². The number of carbonyl (C=O) groups is 1. The highest BCUT2D eigenvalue weighted by Crippen LogP contribution is 2.36. The van der Waals surface area contributed by atoms with Crippen LogP contribution in [0.5, 0.6) is 0 Å². The van der Waals surface area contributed by atoms with Crippen LogP contribution in [0.4, 0.5) is 13.2 Å². The number of nitrogens with zero attached hydrogens (tertiary/aromatic N) is 4. The molecule has 124 valence electrons. The van der Waals surface area contributed by atoms with Crippen molar-refractivity contribution in [2.24, 2.45) is 0 Å². The lowest BCUT2D eigenvalue weighted by molar-refractivity contribution is -0.142. The van der Waals surface area contributed by atoms with Gasteiger partial charge in [-0.3, -0.25) is 9.48 Å². The second-order valence-corrected chi connectivity index (χ2v) is 5.87. The van der Waals surface area contributed by atoms with E-state index in [1.165, 1.54) is 13.8 Å². The van der Waals surface area contributed by atoms with Gasteiger partial charge in [-0.15, -0.1) is 0 Å². The Kier molecular flexibility index (Phi) is 4.72. The minimum Gasteiger partial charge on any atom is -0.338 e. The molecule has 1 aromatic heterocycles. The molecule has 1 aliphatic rings. The number of rotatable bonds is 2. The monoisotopic (exact) mass is 338 g/mol. The Labute approximate surface area is 131 Å². The van der Waals surface area contributed by atoms with E-state index in [9.17, 15) is 18.0 Å². The van der Waals surface area contributed by atoms with Gasteiger partial charge in [0, 0.05) is 26.2 Å². The molecule has 2 heterocycles. The maximum Gasteiger partial charge on any atom is 0.436 e. The largest absolute Gasteiger partial charge is 0.436 e. The summed E-state index contributed by atoms with van der Waals surface area (Å²) < 4.78 is 39.6. The van der Waals surface area contributed by atoms with Crippen LogP contribution in [0.1, 0.15) is 24.4 Å². The molecular weight excluding hydrogens is 321 g/mol. The van der Waals surface area contributed by atoms with Crippen LogP contribution in [0, 0.1) is 6.92 Å². The Morgan fingerprint density at radius 3 is 2.27 bits per heavy atom. The molecule has 1 amide bonds. The molecule has 0 aromatic carbocycles. The first-order valence-corrected chi connectivity index (χ1v) is 7.30. The first kappa shape index (κ1) is 17.1. The van der Waals surface area contributed by atoms with Crippen molar-refractivity contribution in [2.75, 3.05) is 33.2 Å². The van der Waals surface area contributed by atoms with Gasteiger partial charge in [0.2, 0.25) is 5.91 Å². The third kappa shape index (κ3) is 3.22. The fourth-order valence-electron chi connectivity index (χ4n) is 2.45. The first-order chi connectivity index (χ1) is 10.1. The fourth-order valence-corrected chi connectivity index (χ4v) is 2.68. The summed E-state index contributed by atoms with van der Waals surface area (Å²) in [6.45, 7) is 5.56. The van der Waals surface area contributed by atoms with E-state index in [0.29, 0.717) is 13.1 Å². The van der Waals surface area contributed by atoms with Crippen LogP contribution in [0.25, 0.3) is 0 Å². The number of likely N-dealkylation sites (N-methyl/N-ethyl adjacent to an activating group) is 1. The number of piperazine rings is 1. The number of hydrogen-bond acceptors (Lipinski definition) is 3. The van der Waals surface area contributed by atoms with Crippen molar-refractivity contribution >= 4 is 17.5 Å². The van der Waals surface area contributed by atoms with E-state index in [1.54, 1.807) is 4.90 Å². The molecule has 0 aliphatic carbocycles. The smallest absolute Gasteiger partial charge is 0.338 e. The van der Waals surface area contributed by atoms with Crippen LogP contribution >= 0.6 is 11.6 Å². The summed E-state index contributed by atoms with van der Waals surface area (Å²) in [4.78, 5) is 16.2. The maximum absolute atomic E-state index is 12.8. The summed E-state index contributed by atoms with van der Waals surface area (Å²) in [5, 5.41) is 3.06. The molecule has 1 saturated heterocycles. The SMILES string of the molecule is Cc1c(Cl)c(C(F)(F)F)nn1C(C)C(=O)N1CCN(C)CC1. The third-order valence-electron chi connectivity index (χ3n) is 3.88. The van der Waals surface area contributed by atoms with Crippen LogP contribution in [0.3, 0.4) is 0 Å². The van der Waals surface area contributed by atoms with E-state index >= 15 is 0 Å². The molecule has 1 fully saturated rings. The maximum atomic E-state index is 12.8. The van der Waals surface area contributed by atoms with E-state index in [-0.39, 0.29) is 11.6 Å². The van der Waals surface area contributed by atoms with Crippen LogP contribution in [-0.2, 0) is 11.0 Å². The summed E-state index contributed by atoms with van der Waals surface area (Å²) in [6.07, 6.45) is -4.64. The minimum absolute atomic E-state index is 0.143. The zero-order chi connectivity index (χ0) is 16.7. The van der Waals surface area contributed by atoms with Crippen molar-refractivity contribution < 1.29 is 18.0 Å². The first-order valence-electron chi connectivity index (χ1n) is 6.92. The van der Waals surface area contributed by atoms with Crippen molar-refractivity contribution in [2.45, 2.75) is 26.1 Å². The summed E-state index contributed by atoms with van der Waals surface area (Å²) >= 11 is 5.72. The average molecular weight is 339 g/mol. The number of carbonyl (C=O) groups excluding carboxylic acids is 1. The molecule has 1 atom stereocenters.